The molecule has 0 amide bonds. The molecule has 0 radical (unpaired) electrons. The number of nitro benzene ring substituents is 1. The predicted molar refractivity (Wildman–Crippen MR) is 95.6 cm³/mol. The molecule has 0 spiro atoms. The third-order valence-corrected chi connectivity index (χ3v) is 3.81. The van der Waals surface area contributed by atoms with Gasteiger partial charge in [0.2, 0.25) is 0 Å². The summed E-state index contributed by atoms with van der Waals surface area (Å²) >= 11 is 0. The summed E-state index contributed by atoms with van der Waals surface area (Å²) in [5, 5.41) is 18.8. The Morgan fingerprint density at radius 2 is 2.00 bits per heavy atom. The number of hydrogen-bond donors (Lipinski definition) is 1. The highest BCUT2D eigenvalue weighted by molar-refractivity contribution is 5.64. The van der Waals surface area contributed by atoms with E-state index in [1.54, 1.807) is 16.8 Å². The lowest BCUT2D eigenvalue weighted by Gasteiger charge is -2.09. The van der Waals surface area contributed by atoms with Crippen LogP contribution in [0, 0.1) is 10.1 Å². The summed E-state index contributed by atoms with van der Waals surface area (Å²) in [4.78, 5) is 10.5. The first-order valence-corrected chi connectivity index (χ1v) is 7.72. The second kappa shape index (κ2) is 7.04. The third-order valence-electron chi connectivity index (χ3n) is 3.81. The van der Waals surface area contributed by atoms with Crippen LogP contribution in [0.25, 0.3) is 11.3 Å². The molecule has 1 N–H and O–H groups in total. The van der Waals surface area contributed by atoms with Gasteiger partial charge in [0.1, 0.15) is 0 Å². The fourth-order valence-corrected chi connectivity index (χ4v) is 2.64. The van der Waals surface area contributed by atoms with E-state index < -0.39 is 4.92 Å². The van der Waals surface area contributed by atoms with Crippen molar-refractivity contribution in [2.45, 2.75) is 6.54 Å². The van der Waals surface area contributed by atoms with E-state index in [1.807, 2.05) is 43.6 Å². The largest absolute Gasteiger partial charge is 0.490 e. The SMILES string of the molecule is COc1cc(NCc2cn(C)nc2-c2ccccc2)ccc1[N+](=O)[O-]. The van der Waals surface area contributed by atoms with Crippen molar-refractivity contribution in [3.8, 4) is 17.0 Å². The van der Waals surface area contributed by atoms with Gasteiger partial charge < -0.3 is 10.1 Å². The Labute approximate surface area is 145 Å². The van der Waals surface area contributed by atoms with E-state index >= 15 is 0 Å². The molecule has 0 aliphatic heterocycles. The van der Waals surface area contributed by atoms with Gasteiger partial charge in [-0.25, -0.2) is 0 Å². The summed E-state index contributed by atoms with van der Waals surface area (Å²) in [6.07, 6.45) is 1.96. The Bertz CT molecular complexity index is 891. The van der Waals surface area contributed by atoms with E-state index in [2.05, 4.69) is 10.4 Å². The lowest BCUT2D eigenvalue weighted by atomic mass is 10.1. The van der Waals surface area contributed by atoms with E-state index in [9.17, 15) is 10.1 Å². The number of rotatable bonds is 6. The average Bonchev–Trinajstić information content (AvgIpc) is 3.01. The quantitative estimate of drug-likeness (QED) is 0.548. The van der Waals surface area contributed by atoms with Crippen LogP contribution in [0.5, 0.6) is 5.75 Å². The van der Waals surface area contributed by atoms with Gasteiger partial charge in [-0.3, -0.25) is 14.8 Å². The first-order chi connectivity index (χ1) is 12.1. The summed E-state index contributed by atoms with van der Waals surface area (Å²) in [7, 11) is 3.30. The molecular formula is C18H18N4O3. The molecule has 128 valence electrons. The van der Waals surface area contributed by atoms with Crippen LogP contribution < -0.4 is 10.1 Å². The second-order valence-electron chi connectivity index (χ2n) is 5.54. The molecule has 0 aliphatic carbocycles. The molecule has 0 fully saturated rings. The van der Waals surface area contributed by atoms with E-state index in [0.717, 1.165) is 22.5 Å². The van der Waals surface area contributed by atoms with Gasteiger partial charge in [-0.2, -0.15) is 5.10 Å². The van der Waals surface area contributed by atoms with E-state index in [-0.39, 0.29) is 11.4 Å². The number of aromatic nitrogens is 2. The number of methoxy groups -OCH3 is 1. The van der Waals surface area contributed by atoms with Gasteiger partial charge in [0.15, 0.2) is 5.75 Å². The minimum absolute atomic E-state index is 0.0561. The molecule has 1 heterocycles. The Kier molecular flexibility index (Phi) is 4.65. The predicted octanol–water partition coefficient (Wildman–Crippen LogP) is 3.62. The molecule has 0 saturated heterocycles. The topological polar surface area (TPSA) is 82.2 Å². The molecule has 2 aromatic carbocycles. The minimum Gasteiger partial charge on any atom is -0.490 e. The molecule has 0 bridgehead atoms. The Hall–Kier alpha value is -3.35. The number of nitrogens with zero attached hydrogens (tertiary/aromatic N) is 3. The van der Waals surface area contributed by atoms with E-state index in [4.69, 9.17) is 4.74 Å². The standard InChI is InChI=1S/C18H18N4O3/c1-21-12-14(18(20-21)13-6-4-3-5-7-13)11-19-15-8-9-16(22(23)24)17(10-15)25-2/h3-10,12,19H,11H2,1-2H3. The van der Waals surface area contributed by atoms with Gasteiger partial charge in [0.25, 0.3) is 0 Å². The fraction of sp³-hybridized carbons (Fsp3) is 0.167. The van der Waals surface area contributed by atoms with E-state index in [1.165, 1.54) is 13.2 Å². The molecule has 7 heteroatoms. The van der Waals surface area contributed by atoms with Crippen molar-refractivity contribution in [3.63, 3.8) is 0 Å². The van der Waals surface area contributed by atoms with Crippen molar-refractivity contribution < 1.29 is 9.66 Å². The van der Waals surface area contributed by atoms with Crippen LogP contribution in [0.2, 0.25) is 0 Å². The molecule has 0 aliphatic rings. The van der Waals surface area contributed by atoms with Gasteiger partial charge in [0.05, 0.1) is 17.7 Å². The van der Waals surface area contributed by atoms with Crippen molar-refractivity contribution in [3.05, 3.63) is 70.4 Å². The van der Waals surface area contributed by atoms with Crippen LogP contribution in [0.3, 0.4) is 0 Å². The summed E-state index contributed by atoms with van der Waals surface area (Å²) < 4.78 is 6.87. The van der Waals surface area contributed by atoms with Crippen LogP contribution >= 0.6 is 0 Å². The van der Waals surface area contributed by atoms with Gasteiger partial charge in [-0.05, 0) is 6.07 Å². The molecule has 7 nitrogen and oxygen atoms in total. The number of nitro groups is 1. The van der Waals surface area contributed by atoms with Gasteiger partial charge in [-0.1, -0.05) is 30.3 Å². The minimum atomic E-state index is -0.461. The second-order valence-corrected chi connectivity index (χ2v) is 5.54. The van der Waals surface area contributed by atoms with Crippen molar-refractivity contribution in [1.82, 2.24) is 9.78 Å². The maximum atomic E-state index is 11.0. The highest BCUT2D eigenvalue weighted by Crippen LogP contribution is 2.30. The van der Waals surface area contributed by atoms with Gasteiger partial charge >= 0.3 is 5.69 Å². The van der Waals surface area contributed by atoms with Crippen molar-refractivity contribution >= 4 is 11.4 Å². The van der Waals surface area contributed by atoms with Crippen LogP contribution in [0.15, 0.2) is 54.7 Å². The summed E-state index contributed by atoms with van der Waals surface area (Å²) in [5.41, 5.74) is 3.67. The molecule has 1 aromatic heterocycles. The van der Waals surface area contributed by atoms with Crippen LogP contribution in [-0.2, 0) is 13.6 Å². The average molecular weight is 338 g/mol. The highest BCUT2D eigenvalue weighted by atomic mass is 16.6. The van der Waals surface area contributed by atoms with Gasteiger partial charge in [-0.15, -0.1) is 0 Å². The number of aryl methyl sites for hydroxylation is 1. The van der Waals surface area contributed by atoms with Gasteiger partial charge in [0, 0.05) is 48.7 Å². The number of hydrogen-bond acceptors (Lipinski definition) is 5. The first-order valence-electron chi connectivity index (χ1n) is 7.72. The maximum Gasteiger partial charge on any atom is 0.311 e. The number of ether oxygens (including phenoxy) is 1. The zero-order valence-electron chi connectivity index (χ0n) is 14.0. The molecule has 25 heavy (non-hydrogen) atoms. The smallest absolute Gasteiger partial charge is 0.311 e. The molecule has 0 unspecified atom stereocenters. The summed E-state index contributed by atoms with van der Waals surface area (Å²) in [6.45, 7) is 0.541. The zero-order chi connectivity index (χ0) is 17.8. The molecule has 0 atom stereocenters. The van der Waals surface area contributed by atoms with Crippen LogP contribution in [-0.4, -0.2) is 21.8 Å². The lowest BCUT2D eigenvalue weighted by Crippen LogP contribution is -2.01. The Morgan fingerprint density at radius 3 is 2.68 bits per heavy atom. The van der Waals surface area contributed by atoms with E-state index in [0.29, 0.717) is 6.54 Å². The monoisotopic (exact) mass is 338 g/mol. The molecule has 3 rings (SSSR count). The Balaban J connectivity index is 1.82. The highest BCUT2D eigenvalue weighted by Gasteiger charge is 2.15. The molecular weight excluding hydrogens is 320 g/mol. The fourth-order valence-electron chi connectivity index (χ4n) is 2.64. The third kappa shape index (κ3) is 3.60. The normalized spacial score (nSPS) is 10.5. The maximum absolute atomic E-state index is 11.0. The van der Waals surface area contributed by atoms with Crippen LogP contribution in [0.4, 0.5) is 11.4 Å². The first kappa shape index (κ1) is 16.5. The van der Waals surface area contributed by atoms with Crippen LogP contribution in [0.1, 0.15) is 5.56 Å². The summed E-state index contributed by atoms with van der Waals surface area (Å²) in [6, 6.07) is 14.7. The Morgan fingerprint density at radius 1 is 1.24 bits per heavy atom. The van der Waals surface area contributed by atoms with Crippen molar-refractivity contribution in [2.75, 3.05) is 12.4 Å². The van der Waals surface area contributed by atoms with Crippen molar-refractivity contribution in [1.29, 1.82) is 0 Å². The summed E-state index contributed by atoms with van der Waals surface area (Å²) in [5.74, 6) is 0.226. The molecule has 0 saturated carbocycles. The number of benzene rings is 2. The zero-order valence-corrected chi connectivity index (χ0v) is 14.0. The number of anilines is 1. The number of nitrogens with one attached hydrogen (secondary N) is 1. The van der Waals surface area contributed by atoms with Crippen molar-refractivity contribution in [2.24, 2.45) is 7.05 Å². The lowest BCUT2D eigenvalue weighted by molar-refractivity contribution is -0.385. The molecule has 3 aromatic rings.